The molecular weight excluding hydrogens is 1270 g/mol. The summed E-state index contributed by atoms with van der Waals surface area (Å²) in [5, 5.41) is 25.4. The maximum atomic E-state index is 13.5. The van der Waals surface area contributed by atoms with Crippen LogP contribution in [0.1, 0.15) is 132 Å². The van der Waals surface area contributed by atoms with E-state index in [-0.39, 0.29) is 6.61 Å². The van der Waals surface area contributed by atoms with E-state index in [9.17, 15) is 14.7 Å². The lowest BCUT2D eigenvalue weighted by atomic mass is 9.91. The van der Waals surface area contributed by atoms with Crippen LogP contribution in [0.4, 0.5) is 0 Å². The van der Waals surface area contributed by atoms with Gasteiger partial charge in [0.15, 0.2) is 23.5 Å². The zero-order chi connectivity index (χ0) is 66.1. The lowest BCUT2D eigenvalue weighted by Crippen LogP contribution is -2.51. The van der Waals surface area contributed by atoms with Gasteiger partial charge in [0.2, 0.25) is 0 Å². The Kier molecular flexibility index (Phi) is 18.7. The topological polar surface area (TPSA) is 194 Å². The zero-order valence-electron chi connectivity index (χ0n) is 55.1. The first-order valence-electron chi connectivity index (χ1n) is 32.4. The molecule has 18 nitrogen and oxygen atoms in total. The van der Waals surface area contributed by atoms with Crippen molar-refractivity contribution in [3.63, 3.8) is 0 Å². The van der Waals surface area contributed by atoms with E-state index in [4.69, 9.17) is 77.0 Å². The molecule has 4 aromatic carbocycles. The van der Waals surface area contributed by atoms with Gasteiger partial charge in [0.1, 0.15) is 10.0 Å². The number of rotatable bonds is 15. The number of hydrogen-bond acceptors (Lipinski definition) is 17. The summed E-state index contributed by atoms with van der Waals surface area (Å²) in [5.41, 5.74) is 12.7. The molecule has 4 saturated heterocycles. The number of fused-ring (bicyclic) bond motifs is 4. The zero-order valence-corrected chi connectivity index (χ0v) is 58.2. The van der Waals surface area contributed by atoms with Crippen LogP contribution in [-0.2, 0) is 47.4 Å². The lowest BCUT2D eigenvalue weighted by Gasteiger charge is -2.41. The SMILES string of the molecule is CCOC(=O)[C@@H](OC(C)(C)C)c1c(C)cc2nc(-c3cnc4c(c3)c(C3CCN(C5COC5)CC3)nn4C)sc2c1-c1ccc(Cl)cc1.Cc1cc2nc(-c3cnc4c(c3)c(C3CCN(C5COC5)CC3)nn4C)sc2c(-c2ccc(Cl)cc2)c1[C@H](OC(C)(C)C)C(=O)O. The number of carboxylic acid groups (broad SMARTS) is 1. The molecule has 10 aromatic rings. The number of aromatic nitrogens is 8. The van der Waals surface area contributed by atoms with Crippen molar-refractivity contribution in [1.29, 1.82) is 0 Å². The van der Waals surface area contributed by atoms with E-state index in [0.29, 0.717) is 39.5 Å². The van der Waals surface area contributed by atoms with Gasteiger partial charge in [-0.3, -0.25) is 19.2 Å². The Morgan fingerprint density at radius 3 is 1.36 bits per heavy atom. The van der Waals surface area contributed by atoms with Crippen LogP contribution in [0, 0.1) is 13.8 Å². The first kappa shape index (κ1) is 65.8. The van der Waals surface area contributed by atoms with Crippen LogP contribution < -0.4 is 0 Å². The van der Waals surface area contributed by atoms with Gasteiger partial charge in [-0.1, -0.05) is 47.5 Å². The van der Waals surface area contributed by atoms with E-state index in [1.54, 1.807) is 11.3 Å². The summed E-state index contributed by atoms with van der Waals surface area (Å²) in [6.07, 6.45) is 5.92. The first-order valence-corrected chi connectivity index (χ1v) is 34.8. The molecule has 2 atom stereocenters. The molecule has 4 aliphatic rings. The van der Waals surface area contributed by atoms with Crippen molar-refractivity contribution in [1.82, 2.24) is 49.3 Å². The first-order chi connectivity index (χ1) is 45.0. The largest absolute Gasteiger partial charge is 0.479 e. The van der Waals surface area contributed by atoms with Crippen LogP contribution in [-0.4, -0.2) is 149 Å². The number of carbonyl (C=O) groups excluding carboxylic acids is 1. The van der Waals surface area contributed by atoms with Crippen molar-refractivity contribution in [3.05, 3.63) is 129 Å². The van der Waals surface area contributed by atoms with Gasteiger partial charge in [-0.2, -0.15) is 10.2 Å². The van der Waals surface area contributed by atoms with Gasteiger partial charge in [0, 0.05) is 92.5 Å². The minimum absolute atomic E-state index is 0.255. The summed E-state index contributed by atoms with van der Waals surface area (Å²) >= 11 is 15.7. The monoisotopic (exact) mass is 1350 g/mol. The third-order valence-corrected chi connectivity index (χ3v) is 21.1. The Morgan fingerprint density at radius 2 is 1.00 bits per heavy atom. The number of ether oxygens (including phenoxy) is 5. The van der Waals surface area contributed by atoms with Gasteiger partial charge < -0.3 is 28.8 Å². The maximum absolute atomic E-state index is 13.5. The van der Waals surface area contributed by atoms with Gasteiger partial charge in [0.05, 0.1) is 88.1 Å². The highest BCUT2D eigenvalue weighted by atomic mass is 35.5. The average Bonchev–Trinajstić information content (AvgIpc) is 1.50. The van der Waals surface area contributed by atoms with Crippen LogP contribution in [0.15, 0.2) is 85.2 Å². The van der Waals surface area contributed by atoms with E-state index in [2.05, 4.69) is 21.9 Å². The molecule has 0 radical (unpaired) electrons. The lowest BCUT2D eigenvalue weighted by molar-refractivity contribution is -0.166. The van der Waals surface area contributed by atoms with Gasteiger partial charge in [0.25, 0.3) is 0 Å². The minimum atomic E-state index is -1.17. The second-order valence-corrected chi connectivity index (χ2v) is 30.1. The van der Waals surface area contributed by atoms with Crippen molar-refractivity contribution in [2.45, 2.75) is 135 Å². The molecule has 0 spiro atoms. The Morgan fingerprint density at radius 1 is 0.606 bits per heavy atom. The molecule has 22 heteroatoms. The van der Waals surface area contributed by atoms with E-state index in [1.807, 2.05) is 159 Å². The smallest absolute Gasteiger partial charge is 0.339 e. The number of piperidine rings is 2. The van der Waals surface area contributed by atoms with E-state index < -0.39 is 35.3 Å². The molecule has 14 rings (SSSR count). The number of esters is 1. The summed E-state index contributed by atoms with van der Waals surface area (Å²) in [6, 6.07) is 24.7. The molecule has 94 heavy (non-hydrogen) atoms. The van der Waals surface area contributed by atoms with Crippen molar-refractivity contribution < 1.29 is 38.4 Å². The number of aliphatic carboxylic acids is 1. The number of benzene rings is 4. The minimum Gasteiger partial charge on any atom is -0.479 e. The van der Waals surface area contributed by atoms with Gasteiger partial charge >= 0.3 is 11.9 Å². The fraction of sp³-hybridized carbons (Fsp3) is 0.444. The normalized spacial score (nSPS) is 17.4. The fourth-order valence-corrected chi connectivity index (χ4v) is 16.1. The molecule has 4 aliphatic heterocycles. The average molecular weight is 1350 g/mol. The van der Waals surface area contributed by atoms with Gasteiger partial charge in [-0.15, -0.1) is 22.7 Å². The number of thiazole rings is 2. The molecule has 492 valence electrons. The number of hydrogen-bond donors (Lipinski definition) is 1. The van der Waals surface area contributed by atoms with E-state index in [1.165, 1.54) is 11.3 Å². The summed E-state index contributed by atoms with van der Waals surface area (Å²) in [7, 11) is 3.93. The Hall–Kier alpha value is -6.82. The Labute approximate surface area is 565 Å². The van der Waals surface area contributed by atoms with Gasteiger partial charge in [-0.05, 0) is 185 Å². The molecule has 10 heterocycles. The number of likely N-dealkylation sites (tertiary alicyclic amines) is 2. The molecule has 0 unspecified atom stereocenters. The highest BCUT2D eigenvalue weighted by Crippen LogP contribution is 2.48. The number of carbonyl (C=O) groups is 2. The summed E-state index contributed by atoms with van der Waals surface area (Å²) in [5.74, 6) is -0.711. The number of nitrogens with zero attached hydrogens (tertiary/aromatic N) is 10. The highest BCUT2D eigenvalue weighted by molar-refractivity contribution is 7.22. The molecule has 0 amide bonds. The molecule has 1 N–H and O–H groups in total. The second kappa shape index (κ2) is 26.6. The molecular formula is C72H80Cl2N10O8S2. The predicted octanol–water partition coefficient (Wildman–Crippen LogP) is 15.3. The molecule has 0 aliphatic carbocycles. The van der Waals surface area contributed by atoms with E-state index in [0.717, 1.165) is 192 Å². The third-order valence-electron chi connectivity index (χ3n) is 18.3. The quantitative estimate of drug-likeness (QED) is 0.0951. The summed E-state index contributed by atoms with van der Waals surface area (Å²) < 4.78 is 34.7. The predicted molar refractivity (Wildman–Crippen MR) is 372 cm³/mol. The van der Waals surface area contributed by atoms with Gasteiger partial charge in [-0.25, -0.2) is 29.5 Å². The molecule has 6 aromatic heterocycles. The van der Waals surface area contributed by atoms with Crippen molar-refractivity contribution in [3.8, 4) is 43.4 Å². The highest BCUT2D eigenvalue weighted by Gasteiger charge is 2.38. The van der Waals surface area contributed by atoms with Crippen LogP contribution in [0.2, 0.25) is 10.0 Å². The third kappa shape index (κ3) is 13.4. The molecule has 0 bridgehead atoms. The Bertz CT molecular complexity index is 4470. The number of carboxylic acids is 1. The van der Waals surface area contributed by atoms with Crippen molar-refractivity contribution >= 4 is 100 Å². The number of halogens is 2. The molecule has 4 fully saturated rings. The Balaban J connectivity index is 0.000000171. The van der Waals surface area contributed by atoms with E-state index >= 15 is 0 Å². The van der Waals surface area contributed by atoms with Crippen molar-refractivity contribution in [2.75, 3.05) is 59.2 Å². The summed E-state index contributed by atoms with van der Waals surface area (Å²) in [4.78, 5) is 51.3. The standard InChI is InChI=1S/C37H42ClN5O4S.C35H38ClN5O4S/c1-7-46-36(44)32(47-37(3,4)5)29-21(2)16-28-33(30(29)22-8-10-25(38)11-9-22)48-35(40-28)24-17-27-31(41-42(6)34(27)39-18-24)23-12-14-43(15-13-23)26-19-45-20-26;1-19-14-26-31(28(20-6-8-23(36)9-7-20)27(19)30(34(42)43)45-35(2,3)4)46-33(38-26)22-15-25-29(39-40(5)32(25)37-16-22)21-10-12-41(13-11-21)24-17-44-18-24/h8-11,16-18,23,26,32H,7,12-15,19-20H2,1-6H3;6-9,14-16,21,24,30H,10-13,17-18H2,1-5H3,(H,42,43)/t32-;30-/m00/s1. The molecule has 0 saturated carbocycles. The number of pyridine rings is 2. The maximum Gasteiger partial charge on any atom is 0.339 e. The van der Waals surface area contributed by atoms with Crippen LogP contribution >= 0.6 is 45.9 Å². The van der Waals surface area contributed by atoms with Crippen LogP contribution in [0.3, 0.4) is 0 Å². The fourth-order valence-electron chi connectivity index (χ4n) is 13.6. The number of aryl methyl sites for hydroxylation is 4. The van der Waals surface area contributed by atoms with Crippen LogP contribution in [0.5, 0.6) is 0 Å². The summed E-state index contributed by atoms with van der Waals surface area (Å²) in [6.45, 7) is 25.0. The van der Waals surface area contributed by atoms with Crippen molar-refractivity contribution in [2.24, 2.45) is 14.1 Å². The van der Waals surface area contributed by atoms with Crippen LogP contribution in [0.25, 0.3) is 85.9 Å². The second-order valence-electron chi connectivity index (χ2n) is 27.2.